The molecule has 4 N–H and O–H groups in total. The van der Waals surface area contributed by atoms with Gasteiger partial charge in [-0.05, 0) is 25.1 Å². The molecule has 2 aromatic heterocycles. The second kappa shape index (κ2) is 6.87. The van der Waals surface area contributed by atoms with Gasteiger partial charge in [0.25, 0.3) is 0 Å². The Balaban J connectivity index is 1.58. The minimum atomic E-state index is 0.00196. The summed E-state index contributed by atoms with van der Waals surface area (Å²) in [6.45, 7) is 2.01. The fraction of sp³-hybridized carbons (Fsp3) is 0.100. The zero-order valence-electron chi connectivity index (χ0n) is 14.7. The van der Waals surface area contributed by atoms with Crippen LogP contribution in [0.4, 0.5) is 11.8 Å². The second-order valence-corrected chi connectivity index (χ2v) is 6.19. The standard InChI is InChI=1S/C20H18N6O/c1-12(27)13-5-4-6-14(9-13)17-10-18(26-20(21)25-17)22-11-19-23-15-7-2-3-8-16(15)24-19/h2-10H,11H2,1H3,(H,23,24)(H3,21,22,25,26). The minimum absolute atomic E-state index is 0.00196. The Morgan fingerprint density at radius 1 is 1.07 bits per heavy atom. The van der Waals surface area contributed by atoms with Crippen molar-refractivity contribution in [2.75, 3.05) is 11.1 Å². The molecule has 0 atom stereocenters. The molecule has 0 aliphatic rings. The number of aromatic nitrogens is 4. The molecule has 7 nitrogen and oxygen atoms in total. The van der Waals surface area contributed by atoms with Crippen LogP contribution in [-0.4, -0.2) is 25.7 Å². The van der Waals surface area contributed by atoms with Crippen LogP contribution in [0.1, 0.15) is 23.1 Å². The van der Waals surface area contributed by atoms with Gasteiger partial charge in [-0.2, -0.15) is 4.98 Å². The molecule has 27 heavy (non-hydrogen) atoms. The molecule has 4 rings (SSSR count). The van der Waals surface area contributed by atoms with E-state index < -0.39 is 0 Å². The first-order valence-corrected chi connectivity index (χ1v) is 8.52. The Bertz CT molecular complexity index is 1100. The zero-order valence-corrected chi connectivity index (χ0v) is 14.7. The number of hydrogen-bond donors (Lipinski definition) is 3. The first-order valence-electron chi connectivity index (χ1n) is 8.52. The maximum absolute atomic E-state index is 11.6. The third-order valence-electron chi connectivity index (χ3n) is 4.18. The summed E-state index contributed by atoms with van der Waals surface area (Å²) in [5, 5.41) is 3.22. The van der Waals surface area contributed by atoms with Gasteiger partial charge in [-0.25, -0.2) is 9.97 Å². The number of ketones is 1. The second-order valence-electron chi connectivity index (χ2n) is 6.19. The van der Waals surface area contributed by atoms with Crippen molar-refractivity contribution in [2.45, 2.75) is 13.5 Å². The number of hydrogen-bond acceptors (Lipinski definition) is 6. The van der Waals surface area contributed by atoms with Crippen molar-refractivity contribution >= 4 is 28.6 Å². The monoisotopic (exact) mass is 358 g/mol. The molecule has 0 radical (unpaired) electrons. The van der Waals surface area contributed by atoms with Crippen LogP contribution in [-0.2, 0) is 6.54 Å². The van der Waals surface area contributed by atoms with E-state index in [9.17, 15) is 4.79 Å². The number of fused-ring (bicyclic) bond motifs is 1. The Hall–Kier alpha value is -3.74. The van der Waals surface area contributed by atoms with Gasteiger partial charge in [-0.3, -0.25) is 4.79 Å². The summed E-state index contributed by atoms with van der Waals surface area (Å²) in [5.41, 5.74) is 9.86. The van der Waals surface area contributed by atoms with Crippen LogP contribution < -0.4 is 11.1 Å². The Labute approximate surface area is 155 Å². The number of benzene rings is 2. The van der Waals surface area contributed by atoms with Crippen molar-refractivity contribution in [3.8, 4) is 11.3 Å². The number of carbonyl (C=O) groups excluding carboxylic acids is 1. The molecule has 4 aromatic rings. The predicted molar refractivity (Wildman–Crippen MR) is 105 cm³/mol. The van der Waals surface area contributed by atoms with Crippen LogP contribution in [0.3, 0.4) is 0 Å². The van der Waals surface area contributed by atoms with E-state index >= 15 is 0 Å². The largest absolute Gasteiger partial charge is 0.368 e. The fourth-order valence-corrected chi connectivity index (χ4v) is 2.87. The van der Waals surface area contributed by atoms with Crippen molar-refractivity contribution in [1.29, 1.82) is 0 Å². The fourth-order valence-electron chi connectivity index (χ4n) is 2.87. The average Bonchev–Trinajstić information content (AvgIpc) is 3.09. The van der Waals surface area contributed by atoms with Crippen LogP contribution in [0.25, 0.3) is 22.3 Å². The number of Topliss-reactive ketones (excluding diaryl/α,β-unsaturated/α-hetero) is 1. The van der Waals surface area contributed by atoms with E-state index in [0.29, 0.717) is 23.6 Å². The molecule has 0 saturated heterocycles. The first kappa shape index (κ1) is 16.7. The number of carbonyl (C=O) groups is 1. The van der Waals surface area contributed by atoms with E-state index in [0.717, 1.165) is 22.4 Å². The number of nitrogen functional groups attached to an aromatic ring is 1. The highest BCUT2D eigenvalue weighted by molar-refractivity contribution is 5.95. The normalized spacial score (nSPS) is 10.9. The number of nitrogens with zero attached hydrogens (tertiary/aromatic N) is 3. The molecular weight excluding hydrogens is 340 g/mol. The number of nitrogens with two attached hydrogens (primary N) is 1. The molecule has 0 bridgehead atoms. The predicted octanol–water partition coefficient (Wildman–Crippen LogP) is 3.42. The van der Waals surface area contributed by atoms with Gasteiger partial charge in [0.1, 0.15) is 11.6 Å². The van der Waals surface area contributed by atoms with Crippen LogP contribution in [0.2, 0.25) is 0 Å². The van der Waals surface area contributed by atoms with Crippen molar-refractivity contribution < 1.29 is 4.79 Å². The summed E-state index contributed by atoms with van der Waals surface area (Å²) in [4.78, 5) is 27.9. The van der Waals surface area contributed by atoms with Crippen molar-refractivity contribution in [3.63, 3.8) is 0 Å². The molecule has 0 spiro atoms. The smallest absolute Gasteiger partial charge is 0.222 e. The molecule has 0 amide bonds. The topological polar surface area (TPSA) is 110 Å². The third kappa shape index (κ3) is 3.62. The van der Waals surface area contributed by atoms with Gasteiger partial charge in [0.15, 0.2) is 5.78 Å². The van der Waals surface area contributed by atoms with Crippen LogP contribution in [0.15, 0.2) is 54.6 Å². The van der Waals surface area contributed by atoms with E-state index in [-0.39, 0.29) is 11.7 Å². The quantitative estimate of drug-likeness (QED) is 0.472. The number of nitrogens with one attached hydrogen (secondary N) is 2. The summed E-state index contributed by atoms with van der Waals surface area (Å²) in [6, 6.07) is 16.9. The highest BCUT2D eigenvalue weighted by atomic mass is 16.1. The molecule has 2 aromatic carbocycles. The van der Waals surface area contributed by atoms with E-state index in [1.165, 1.54) is 6.92 Å². The first-order chi connectivity index (χ1) is 13.1. The van der Waals surface area contributed by atoms with Crippen LogP contribution in [0, 0.1) is 0 Å². The molecule has 0 unspecified atom stereocenters. The minimum Gasteiger partial charge on any atom is -0.368 e. The van der Waals surface area contributed by atoms with Gasteiger partial charge in [-0.15, -0.1) is 0 Å². The van der Waals surface area contributed by atoms with Crippen molar-refractivity contribution in [1.82, 2.24) is 19.9 Å². The molecule has 0 fully saturated rings. The molecule has 0 aliphatic carbocycles. The van der Waals surface area contributed by atoms with E-state index in [4.69, 9.17) is 5.73 Å². The van der Waals surface area contributed by atoms with E-state index in [2.05, 4.69) is 25.3 Å². The van der Waals surface area contributed by atoms with E-state index in [1.807, 2.05) is 36.4 Å². The Kier molecular flexibility index (Phi) is 4.25. The summed E-state index contributed by atoms with van der Waals surface area (Å²) in [7, 11) is 0. The highest BCUT2D eigenvalue weighted by Gasteiger charge is 2.08. The van der Waals surface area contributed by atoms with Gasteiger partial charge < -0.3 is 16.0 Å². The summed E-state index contributed by atoms with van der Waals surface area (Å²) in [6.07, 6.45) is 0. The van der Waals surface area contributed by atoms with Gasteiger partial charge in [0.05, 0.1) is 23.3 Å². The molecule has 2 heterocycles. The third-order valence-corrected chi connectivity index (χ3v) is 4.18. The lowest BCUT2D eigenvalue weighted by Gasteiger charge is -2.08. The van der Waals surface area contributed by atoms with Crippen LogP contribution in [0.5, 0.6) is 0 Å². The maximum Gasteiger partial charge on any atom is 0.222 e. The summed E-state index contributed by atoms with van der Waals surface area (Å²) in [5.74, 6) is 1.55. The zero-order chi connectivity index (χ0) is 18.8. The number of para-hydroxylation sites is 2. The van der Waals surface area contributed by atoms with Gasteiger partial charge in [0, 0.05) is 17.2 Å². The number of H-pyrrole nitrogens is 1. The average molecular weight is 358 g/mol. The van der Waals surface area contributed by atoms with Gasteiger partial charge >= 0.3 is 0 Å². The van der Waals surface area contributed by atoms with E-state index in [1.54, 1.807) is 18.2 Å². The van der Waals surface area contributed by atoms with Gasteiger partial charge in [-0.1, -0.05) is 30.3 Å². The number of imidazole rings is 1. The maximum atomic E-state index is 11.6. The lowest BCUT2D eigenvalue weighted by Crippen LogP contribution is -2.06. The molecule has 134 valence electrons. The number of anilines is 2. The number of rotatable bonds is 5. The lowest BCUT2D eigenvalue weighted by molar-refractivity contribution is 0.101. The highest BCUT2D eigenvalue weighted by Crippen LogP contribution is 2.22. The van der Waals surface area contributed by atoms with Gasteiger partial charge in [0.2, 0.25) is 5.95 Å². The van der Waals surface area contributed by atoms with Crippen molar-refractivity contribution in [3.05, 3.63) is 66.0 Å². The van der Waals surface area contributed by atoms with Crippen molar-refractivity contribution in [2.24, 2.45) is 0 Å². The SMILES string of the molecule is CC(=O)c1cccc(-c2cc(NCc3nc4ccccc4[nH]3)nc(N)n2)c1. The molecule has 0 aliphatic heterocycles. The van der Waals surface area contributed by atoms with Crippen LogP contribution >= 0.6 is 0 Å². The lowest BCUT2D eigenvalue weighted by atomic mass is 10.1. The summed E-state index contributed by atoms with van der Waals surface area (Å²) < 4.78 is 0. The Morgan fingerprint density at radius 2 is 1.93 bits per heavy atom. The Morgan fingerprint density at radius 3 is 2.74 bits per heavy atom. The molecule has 7 heteroatoms. The summed E-state index contributed by atoms with van der Waals surface area (Å²) >= 11 is 0. The molecule has 0 saturated carbocycles. The molecular formula is C20H18N6O. The number of aromatic amines is 1.